The third-order valence-corrected chi connectivity index (χ3v) is 5.61. The number of anilines is 1. The molecule has 0 radical (unpaired) electrons. The summed E-state index contributed by atoms with van der Waals surface area (Å²) < 4.78 is 37.4. The molecule has 0 aliphatic rings. The van der Waals surface area contributed by atoms with Crippen LogP contribution in [-0.4, -0.2) is 43.5 Å². The predicted molar refractivity (Wildman–Crippen MR) is 136 cm³/mol. The lowest BCUT2D eigenvalue weighted by Crippen LogP contribution is -2.33. The smallest absolute Gasteiger partial charge is 0.364 e. The molecular formula is C27H20F3N7O. The number of hydrogen-bond acceptors (Lipinski definition) is 7. The van der Waals surface area contributed by atoms with Crippen molar-refractivity contribution in [3.05, 3.63) is 96.8 Å². The van der Waals surface area contributed by atoms with E-state index < -0.39 is 18.6 Å². The fourth-order valence-corrected chi connectivity index (χ4v) is 3.86. The van der Waals surface area contributed by atoms with E-state index in [1.54, 1.807) is 30.7 Å². The molecule has 0 fully saturated rings. The molecule has 2 N–H and O–H groups in total. The lowest BCUT2D eigenvalue weighted by molar-refractivity contribution is -0.123. The van der Waals surface area contributed by atoms with Crippen LogP contribution in [0.2, 0.25) is 0 Å². The van der Waals surface area contributed by atoms with E-state index in [0.29, 0.717) is 29.3 Å². The van der Waals surface area contributed by atoms with Crippen LogP contribution in [0.1, 0.15) is 16.1 Å². The summed E-state index contributed by atoms with van der Waals surface area (Å²) >= 11 is 0. The third kappa shape index (κ3) is 5.72. The van der Waals surface area contributed by atoms with E-state index in [1.165, 1.54) is 18.5 Å². The average molecular weight is 515 g/mol. The molecule has 5 aromatic rings. The van der Waals surface area contributed by atoms with Crippen LogP contribution in [0.15, 0.2) is 85.6 Å². The highest BCUT2D eigenvalue weighted by Gasteiger charge is 2.28. The van der Waals surface area contributed by atoms with E-state index in [2.05, 4.69) is 20.3 Å². The van der Waals surface area contributed by atoms with Crippen molar-refractivity contribution >= 4 is 22.6 Å². The van der Waals surface area contributed by atoms with Gasteiger partial charge in [0.2, 0.25) is 0 Å². The highest BCUT2D eigenvalue weighted by molar-refractivity contribution is 6.03. The SMILES string of the molecule is O=C(NCC(F)(F)F)c1ccc(-c2cccc3nc(-c4cncnc4)nc(NCc4ccccn4)c23)cc1. The summed E-state index contributed by atoms with van der Waals surface area (Å²) in [6, 6.07) is 17.6. The molecule has 2 aromatic carbocycles. The molecule has 11 heteroatoms. The molecule has 0 saturated carbocycles. The molecule has 1 amide bonds. The number of carbonyl (C=O) groups excluding carboxylic acids is 1. The van der Waals surface area contributed by atoms with Crippen LogP contribution >= 0.6 is 0 Å². The highest BCUT2D eigenvalue weighted by atomic mass is 19.4. The van der Waals surface area contributed by atoms with Gasteiger partial charge in [0.1, 0.15) is 18.7 Å². The molecule has 0 spiro atoms. The van der Waals surface area contributed by atoms with Gasteiger partial charge < -0.3 is 10.6 Å². The molecular weight excluding hydrogens is 495 g/mol. The first-order valence-electron chi connectivity index (χ1n) is 11.5. The van der Waals surface area contributed by atoms with E-state index >= 15 is 0 Å². The van der Waals surface area contributed by atoms with Gasteiger partial charge in [0.15, 0.2) is 5.82 Å². The van der Waals surface area contributed by atoms with Gasteiger partial charge in [-0.2, -0.15) is 13.2 Å². The van der Waals surface area contributed by atoms with Gasteiger partial charge >= 0.3 is 6.18 Å². The number of carbonyl (C=O) groups is 1. The monoisotopic (exact) mass is 515 g/mol. The van der Waals surface area contributed by atoms with Gasteiger partial charge in [-0.1, -0.05) is 30.3 Å². The molecule has 3 aromatic heterocycles. The Morgan fingerprint density at radius 1 is 0.868 bits per heavy atom. The molecule has 0 unspecified atom stereocenters. The Bertz CT molecular complexity index is 1560. The van der Waals surface area contributed by atoms with Gasteiger partial charge in [-0.25, -0.2) is 19.9 Å². The summed E-state index contributed by atoms with van der Waals surface area (Å²) in [7, 11) is 0. The summed E-state index contributed by atoms with van der Waals surface area (Å²) in [5, 5.41) is 5.98. The van der Waals surface area contributed by atoms with E-state index in [-0.39, 0.29) is 5.56 Å². The zero-order valence-electron chi connectivity index (χ0n) is 19.8. The molecule has 0 bridgehead atoms. The molecule has 190 valence electrons. The van der Waals surface area contributed by atoms with Crippen molar-refractivity contribution in [2.75, 3.05) is 11.9 Å². The molecule has 38 heavy (non-hydrogen) atoms. The minimum absolute atomic E-state index is 0.120. The lowest BCUT2D eigenvalue weighted by Gasteiger charge is -2.14. The molecule has 0 atom stereocenters. The maximum atomic E-state index is 12.5. The first-order valence-corrected chi connectivity index (χ1v) is 11.5. The maximum Gasteiger partial charge on any atom is 0.405 e. The van der Waals surface area contributed by atoms with Crippen molar-refractivity contribution in [2.45, 2.75) is 12.7 Å². The summed E-state index contributed by atoms with van der Waals surface area (Å²) in [5.74, 6) is 0.195. The van der Waals surface area contributed by atoms with E-state index in [9.17, 15) is 18.0 Å². The van der Waals surface area contributed by atoms with Gasteiger partial charge in [0, 0.05) is 24.2 Å². The quantitative estimate of drug-likeness (QED) is 0.312. The molecule has 8 nitrogen and oxygen atoms in total. The number of nitrogens with one attached hydrogen (secondary N) is 2. The van der Waals surface area contributed by atoms with E-state index in [4.69, 9.17) is 9.97 Å². The minimum atomic E-state index is -4.48. The van der Waals surface area contributed by atoms with Crippen LogP contribution in [0, 0.1) is 0 Å². The van der Waals surface area contributed by atoms with Crippen molar-refractivity contribution in [1.82, 2.24) is 30.2 Å². The minimum Gasteiger partial charge on any atom is -0.364 e. The van der Waals surface area contributed by atoms with Crippen molar-refractivity contribution in [3.8, 4) is 22.5 Å². The number of alkyl halides is 3. The Kier molecular flexibility index (Phi) is 6.90. The maximum absolute atomic E-state index is 12.5. The first kappa shape index (κ1) is 24.8. The van der Waals surface area contributed by atoms with Crippen LogP contribution in [0.5, 0.6) is 0 Å². The summed E-state index contributed by atoms with van der Waals surface area (Å²) in [5.41, 5.74) is 3.76. The second kappa shape index (κ2) is 10.6. The molecule has 0 saturated heterocycles. The van der Waals surface area contributed by atoms with Crippen LogP contribution in [0.25, 0.3) is 33.4 Å². The Labute approximate surface area is 215 Å². The van der Waals surface area contributed by atoms with Crippen LogP contribution in [-0.2, 0) is 6.54 Å². The number of nitrogens with zero attached hydrogens (tertiary/aromatic N) is 5. The standard InChI is InChI=1S/C27H20F3N7O/c28-27(29,30)15-35-26(38)18-9-7-17(8-10-18)21-5-3-6-22-23(21)25(34-14-20-4-1-2-11-33-20)37-24(36-22)19-12-31-16-32-13-19/h1-13,16H,14-15H2,(H,35,38)(H,34,36,37). The summed E-state index contributed by atoms with van der Waals surface area (Å²) in [6.45, 7) is -0.987. The number of amides is 1. The van der Waals surface area contributed by atoms with Gasteiger partial charge in [0.05, 0.1) is 28.7 Å². The zero-order valence-corrected chi connectivity index (χ0v) is 19.8. The summed E-state index contributed by atoms with van der Waals surface area (Å²) in [4.78, 5) is 34.1. The van der Waals surface area contributed by atoms with Crippen LogP contribution in [0.4, 0.5) is 19.0 Å². The molecule has 0 aliphatic heterocycles. The number of hydrogen-bond donors (Lipinski definition) is 2. The average Bonchev–Trinajstić information content (AvgIpc) is 2.95. The Balaban J connectivity index is 1.54. The number of rotatable bonds is 7. The Hall–Kier alpha value is -4.93. The topological polar surface area (TPSA) is 106 Å². The van der Waals surface area contributed by atoms with E-state index in [0.717, 1.165) is 22.2 Å². The predicted octanol–water partition coefficient (Wildman–Crippen LogP) is 5.05. The molecule has 3 heterocycles. The van der Waals surface area contributed by atoms with Crippen molar-refractivity contribution in [3.63, 3.8) is 0 Å². The Morgan fingerprint density at radius 3 is 2.37 bits per heavy atom. The fraction of sp³-hybridized carbons (Fsp3) is 0.111. The number of halogens is 3. The van der Waals surface area contributed by atoms with Crippen molar-refractivity contribution in [2.24, 2.45) is 0 Å². The number of aromatic nitrogens is 5. The number of fused-ring (bicyclic) bond motifs is 1. The first-order chi connectivity index (χ1) is 18.4. The number of benzene rings is 2. The second-order valence-corrected chi connectivity index (χ2v) is 8.27. The molecule has 0 aliphatic carbocycles. The van der Waals surface area contributed by atoms with E-state index in [1.807, 2.05) is 41.7 Å². The van der Waals surface area contributed by atoms with Gasteiger partial charge in [0.25, 0.3) is 5.91 Å². The highest BCUT2D eigenvalue weighted by Crippen LogP contribution is 2.34. The van der Waals surface area contributed by atoms with Gasteiger partial charge in [-0.3, -0.25) is 9.78 Å². The Morgan fingerprint density at radius 2 is 1.66 bits per heavy atom. The third-order valence-electron chi connectivity index (χ3n) is 5.61. The van der Waals surface area contributed by atoms with Gasteiger partial charge in [-0.15, -0.1) is 0 Å². The largest absolute Gasteiger partial charge is 0.405 e. The summed E-state index contributed by atoms with van der Waals surface area (Å²) in [6.07, 6.45) is 1.91. The van der Waals surface area contributed by atoms with Crippen molar-refractivity contribution in [1.29, 1.82) is 0 Å². The molecule has 5 rings (SSSR count). The van der Waals surface area contributed by atoms with Gasteiger partial charge in [-0.05, 0) is 41.5 Å². The lowest BCUT2D eigenvalue weighted by atomic mass is 9.99. The number of pyridine rings is 1. The zero-order chi connectivity index (χ0) is 26.5. The van der Waals surface area contributed by atoms with Crippen LogP contribution in [0.3, 0.4) is 0 Å². The fourth-order valence-electron chi connectivity index (χ4n) is 3.86. The normalized spacial score (nSPS) is 11.3. The second-order valence-electron chi connectivity index (χ2n) is 8.27. The van der Waals surface area contributed by atoms with Crippen LogP contribution < -0.4 is 10.6 Å². The van der Waals surface area contributed by atoms with Crippen molar-refractivity contribution < 1.29 is 18.0 Å².